The molecule has 0 radical (unpaired) electrons. The van der Waals surface area contributed by atoms with Crippen LogP contribution in [0.4, 0.5) is 0 Å². The van der Waals surface area contributed by atoms with Gasteiger partial charge < -0.3 is 10.6 Å². The standard InChI is InChI=1S/C16H26N2O/c1-11-7-12(2)9-14(8-11)13(3)17-10-15(19)18-16(4,5)6/h7-9,13,17H,10H2,1-6H3,(H,18,19). The third kappa shape index (κ3) is 5.88. The Bertz CT molecular complexity index is 426. The molecule has 0 saturated carbocycles. The van der Waals surface area contributed by atoms with Gasteiger partial charge in [-0.25, -0.2) is 0 Å². The molecule has 2 N–H and O–H groups in total. The van der Waals surface area contributed by atoms with Crippen LogP contribution in [0.15, 0.2) is 18.2 Å². The molecule has 3 nitrogen and oxygen atoms in total. The number of aryl methyl sites for hydroxylation is 2. The van der Waals surface area contributed by atoms with Gasteiger partial charge in [-0.2, -0.15) is 0 Å². The number of benzene rings is 1. The molecule has 0 spiro atoms. The molecule has 106 valence electrons. The van der Waals surface area contributed by atoms with Crippen molar-refractivity contribution >= 4 is 5.91 Å². The van der Waals surface area contributed by atoms with E-state index < -0.39 is 0 Å². The second-order valence-electron chi connectivity index (χ2n) is 6.32. The highest BCUT2D eigenvalue weighted by atomic mass is 16.2. The number of hydrogen-bond acceptors (Lipinski definition) is 2. The first-order valence-electron chi connectivity index (χ1n) is 6.80. The highest BCUT2D eigenvalue weighted by Gasteiger charge is 2.14. The summed E-state index contributed by atoms with van der Waals surface area (Å²) >= 11 is 0. The zero-order chi connectivity index (χ0) is 14.6. The molecule has 19 heavy (non-hydrogen) atoms. The van der Waals surface area contributed by atoms with Crippen LogP contribution in [0.3, 0.4) is 0 Å². The molecule has 0 aliphatic carbocycles. The molecule has 3 heteroatoms. The molecule has 0 saturated heterocycles. The molecule has 0 bridgehead atoms. The van der Waals surface area contributed by atoms with Crippen molar-refractivity contribution in [3.05, 3.63) is 34.9 Å². The minimum atomic E-state index is -0.179. The summed E-state index contributed by atoms with van der Waals surface area (Å²) in [6, 6.07) is 6.64. The van der Waals surface area contributed by atoms with Gasteiger partial charge in [-0.05, 0) is 47.1 Å². The van der Waals surface area contributed by atoms with Crippen molar-refractivity contribution in [2.45, 2.75) is 53.1 Å². The summed E-state index contributed by atoms with van der Waals surface area (Å²) in [5.74, 6) is 0.0312. The second-order valence-corrected chi connectivity index (χ2v) is 6.32. The highest BCUT2D eigenvalue weighted by Crippen LogP contribution is 2.16. The minimum Gasteiger partial charge on any atom is -0.350 e. The van der Waals surface area contributed by atoms with Gasteiger partial charge in [0.15, 0.2) is 0 Å². The molecule has 1 atom stereocenters. The van der Waals surface area contributed by atoms with Gasteiger partial charge in [-0.3, -0.25) is 4.79 Å². The Labute approximate surface area is 116 Å². The van der Waals surface area contributed by atoms with Gasteiger partial charge in [0, 0.05) is 11.6 Å². The fourth-order valence-electron chi connectivity index (χ4n) is 2.09. The summed E-state index contributed by atoms with van der Waals surface area (Å²) < 4.78 is 0. The van der Waals surface area contributed by atoms with Crippen LogP contribution in [-0.4, -0.2) is 18.0 Å². The summed E-state index contributed by atoms with van der Waals surface area (Å²) in [6.07, 6.45) is 0. The van der Waals surface area contributed by atoms with Crippen LogP contribution in [-0.2, 0) is 4.79 Å². The van der Waals surface area contributed by atoms with Gasteiger partial charge in [0.2, 0.25) is 5.91 Å². The molecular formula is C16H26N2O. The lowest BCUT2D eigenvalue weighted by Gasteiger charge is -2.22. The minimum absolute atomic E-state index is 0.0312. The van der Waals surface area contributed by atoms with E-state index in [4.69, 9.17) is 0 Å². The van der Waals surface area contributed by atoms with Gasteiger partial charge in [0.25, 0.3) is 0 Å². The smallest absolute Gasteiger partial charge is 0.234 e. The Morgan fingerprint density at radius 3 is 2.16 bits per heavy atom. The first kappa shape index (κ1) is 15.7. The van der Waals surface area contributed by atoms with Crippen LogP contribution >= 0.6 is 0 Å². The van der Waals surface area contributed by atoms with E-state index in [0.717, 1.165) is 0 Å². The predicted molar refractivity (Wildman–Crippen MR) is 80.2 cm³/mol. The highest BCUT2D eigenvalue weighted by molar-refractivity contribution is 5.78. The maximum atomic E-state index is 11.8. The van der Waals surface area contributed by atoms with E-state index in [-0.39, 0.29) is 17.5 Å². The van der Waals surface area contributed by atoms with Gasteiger partial charge >= 0.3 is 0 Å². The Balaban J connectivity index is 2.56. The Hall–Kier alpha value is -1.35. The van der Waals surface area contributed by atoms with E-state index in [2.05, 4.69) is 49.6 Å². The average Bonchev–Trinajstić information content (AvgIpc) is 2.22. The average molecular weight is 262 g/mol. The topological polar surface area (TPSA) is 41.1 Å². The number of amides is 1. The molecule has 0 aliphatic rings. The summed E-state index contributed by atoms with van der Waals surface area (Å²) in [7, 11) is 0. The molecule has 1 amide bonds. The fourth-order valence-corrected chi connectivity index (χ4v) is 2.09. The van der Waals surface area contributed by atoms with Crippen molar-refractivity contribution in [1.29, 1.82) is 0 Å². The van der Waals surface area contributed by atoms with Crippen LogP contribution in [0.5, 0.6) is 0 Å². The monoisotopic (exact) mass is 262 g/mol. The van der Waals surface area contributed by atoms with E-state index >= 15 is 0 Å². The number of carbonyl (C=O) groups excluding carboxylic acids is 1. The van der Waals surface area contributed by atoms with Crippen molar-refractivity contribution in [1.82, 2.24) is 10.6 Å². The lowest BCUT2D eigenvalue weighted by Crippen LogP contribution is -2.45. The fraction of sp³-hybridized carbons (Fsp3) is 0.562. The Kier molecular flexibility index (Phi) is 5.12. The summed E-state index contributed by atoms with van der Waals surface area (Å²) in [5.41, 5.74) is 3.55. The van der Waals surface area contributed by atoms with Crippen molar-refractivity contribution < 1.29 is 4.79 Å². The first-order chi connectivity index (χ1) is 8.67. The lowest BCUT2D eigenvalue weighted by molar-refractivity contribution is -0.121. The molecule has 0 aliphatic heterocycles. The first-order valence-corrected chi connectivity index (χ1v) is 6.80. The van der Waals surface area contributed by atoms with Crippen LogP contribution in [0.1, 0.15) is 50.4 Å². The maximum Gasteiger partial charge on any atom is 0.234 e. The molecule has 0 heterocycles. The molecule has 1 unspecified atom stereocenters. The molecule has 0 aromatic heterocycles. The van der Waals surface area contributed by atoms with E-state index in [1.807, 2.05) is 20.8 Å². The Morgan fingerprint density at radius 2 is 1.68 bits per heavy atom. The number of nitrogens with one attached hydrogen (secondary N) is 2. The van der Waals surface area contributed by atoms with Crippen LogP contribution in [0, 0.1) is 13.8 Å². The SMILES string of the molecule is Cc1cc(C)cc(C(C)NCC(=O)NC(C)(C)C)c1. The van der Waals surface area contributed by atoms with Gasteiger partial charge in [-0.15, -0.1) is 0 Å². The predicted octanol–water partition coefficient (Wildman–Crippen LogP) is 2.87. The molecular weight excluding hydrogens is 236 g/mol. The van der Waals surface area contributed by atoms with Gasteiger partial charge in [0.1, 0.15) is 0 Å². The third-order valence-corrected chi connectivity index (χ3v) is 2.83. The zero-order valence-corrected chi connectivity index (χ0v) is 12.9. The third-order valence-electron chi connectivity index (χ3n) is 2.83. The van der Waals surface area contributed by atoms with Crippen molar-refractivity contribution in [3.63, 3.8) is 0 Å². The van der Waals surface area contributed by atoms with Crippen molar-refractivity contribution in [2.75, 3.05) is 6.54 Å². The maximum absolute atomic E-state index is 11.8. The van der Waals surface area contributed by atoms with Gasteiger partial charge in [-0.1, -0.05) is 29.3 Å². The second kappa shape index (κ2) is 6.20. The van der Waals surface area contributed by atoms with Crippen LogP contribution in [0.25, 0.3) is 0 Å². The molecule has 0 fully saturated rings. The van der Waals surface area contributed by atoms with E-state index in [1.165, 1.54) is 16.7 Å². The number of hydrogen-bond donors (Lipinski definition) is 2. The zero-order valence-electron chi connectivity index (χ0n) is 12.9. The Morgan fingerprint density at radius 1 is 1.16 bits per heavy atom. The summed E-state index contributed by atoms with van der Waals surface area (Å²) in [5, 5.41) is 6.21. The largest absolute Gasteiger partial charge is 0.350 e. The molecule has 1 aromatic carbocycles. The molecule has 1 rings (SSSR count). The van der Waals surface area contributed by atoms with E-state index in [9.17, 15) is 4.79 Å². The van der Waals surface area contributed by atoms with E-state index in [0.29, 0.717) is 6.54 Å². The number of rotatable bonds is 4. The molecule has 1 aromatic rings. The number of carbonyl (C=O) groups is 1. The van der Waals surface area contributed by atoms with E-state index in [1.54, 1.807) is 0 Å². The van der Waals surface area contributed by atoms with Crippen molar-refractivity contribution in [3.8, 4) is 0 Å². The van der Waals surface area contributed by atoms with Crippen LogP contribution in [0.2, 0.25) is 0 Å². The van der Waals surface area contributed by atoms with Gasteiger partial charge in [0.05, 0.1) is 6.54 Å². The lowest BCUT2D eigenvalue weighted by atomic mass is 10.0. The summed E-state index contributed by atoms with van der Waals surface area (Å²) in [6.45, 7) is 12.6. The van der Waals surface area contributed by atoms with Crippen molar-refractivity contribution in [2.24, 2.45) is 0 Å². The quantitative estimate of drug-likeness (QED) is 0.876. The van der Waals surface area contributed by atoms with Crippen LogP contribution < -0.4 is 10.6 Å². The normalized spacial score (nSPS) is 13.2. The summed E-state index contributed by atoms with van der Waals surface area (Å²) in [4.78, 5) is 11.8.